The first-order chi connectivity index (χ1) is 21.9. The number of aromatic nitrogens is 2. The van der Waals surface area contributed by atoms with Crippen molar-refractivity contribution < 1.29 is 37.7 Å². The normalized spacial score (nSPS) is 10.8. The van der Waals surface area contributed by atoms with Crippen LogP contribution in [-0.2, 0) is 19.1 Å². The van der Waals surface area contributed by atoms with E-state index < -0.39 is 11.9 Å². The van der Waals surface area contributed by atoms with Gasteiger partial charge in [-0.2, -0.15) is 0 Å². The minimum Gasteiger partial charge on any atom is -0.494 e. The molecule has 0 bridgehead atoms. The van der Waals surface area contributed by atoms with E-state index in [0.717, 1.165) is 30.0 Å². The van der Waals surface area contributed by atoms with Gasteiger partial charge in [0.1, 0.15) is 11.5 Å². The third kappa shape index (κ3) is 10.3. The van der Waals surface area contributed by atoms with Gasteiger partial charge in [0.2, 0.25) is 11.8 Å². The van der Waals surface area contributed by atoms with E-state index in [-0.39, 0.29) is 5.97 Å². The summed E-state index contributed by atoms with van der Waals surface area (Å²) in [7, 11) is 0. The van der Waals surface area contributed by atoms with Crippen molar-refractivity contribution in [3.05, 3.63) is 103 Å². The molecule has 1 aromatic heterocycles. The Morgan fingerprint density at radius 1 is 0.733 bits per heavy atom. The molecule has 10 nitrogen and oxygen atoms in total. The lowest BCUT2D eigenvalue weighted by atomic mass is 10.1. The van der Waals surface area contributed by atoms with Crippen LogP contribution >= 0.6 is 0 Å². The zero-order valence-electron chi connectivity index (χ0n) is 25.0. The quantitative estimate of drug-likeness (QED) is 0.0574. The van der Waals surface area contributed by atoms with Crippen molar-refractivity contribution >= 4 is 24.0 Å². The highest BCUT2D eigenvalue weighted by Gasteiger charge is 2.13. The van der Waals surface area contributed by atoms with E-state index in [0.29, 0.717) is 67.1 Å². The molecular formula is C35H34N2O8. The number of unbranched alkanes of at least 4 members (excludes halogenated alkanes) is 2. The third-order valence-corrected chi connectivity index (χ3v) is 6.36. The van der Waals surface area contributed by atoms with Gasteiger partial charge in [-0.1, -0.05) is 32.1 Å². The van der Waals surface area contributed by atoms with Gasteiger partial charge in [-0.25, -0.2) is 14.4 Å². The van der Waals surface area contributed by atoms with Crippen LogP contribution in [0.15, 0.2) is 95.9 Å². The number of hydrogen-bond donors (Lipinski definition) is 0. The van der Waals surface area contributed by atoms with Crippen LogP contribution in [0, 0.1) is 0 Å². The molecule has 1 heterocycles. The molecule has 0 fully saturated rings. The van der Waals surface area contributed by atoms with Gasteiger partial charge in [-0.15, -0.1) is 10.2 Å². The van der Waals surface area contributed by atoms with E-state index in [1.807, 2.05) is 31.2 Å². The van der Waals surface area contributed by atoms with Crippen LogP contribution in [0.25, 0.3) is 29.0 Å². The van der Waals surface area contributed by atoms with E-state index in [2.05, 4.69) is 16.8 Å². The van der Waals surface area contributed by atoms with Crippen LogP contribution in [0.4, 0.5) is 0 Å². The first kappa shape index (κ1) is 32.4. The van der Waals surface area contributed by atoms with Crippen LogP contribution in [0.1, 0.15) is 48.5 Å². The lowest BCUT2D eigenvalue weighted by Crippen LogP contribution is -2.08. The Hall–Kier alpha value is -5.51. The van der Waals surface area contributed by atoms with Crippen molar-refractivity contribution in [3.8, 4) is 34.4 Å². The van der Waals surface area contributed by atoms with Crippen LogP contribution in [0.3, 0.4) is 0 Å². The van der Waals surface area contributed by atoms with E-state index >= 15 is 0 Å². The molecule has 0 N–H and O–H groups in total. The number of nitrogens with zero attached hydrogens (tertiary/aromatic N) is 2. The predicted octanol–water partition coefficient (Wildman–Crippen LogP) is 6.87. The highest BCUT2D eigenvalue weighted by molar-refractivity contribution is 5.91. The maximum atomic E-state index is 12.6. The minimum absolute atomic E-state index is 0.310. The van der Waals surface area contributed by atoms with E-state index in [4.69, 9.17) is 23.4 Å². The Morgan fingerprint density at radius 2 is 1.31 bits per heavy atom. The number of esters is 3. The number of carbonyl (C=O) groups excluding carboxylic acids is 3. The standard InChI is InChI=1S/C35H34N2O8/c1-3-5-22-43-32(39)21-10-25-8-11-26(12-9-25)33-36-37-34(45-33)27-13-19-30(20-14-27)44-35(40)28-15-17-29(18-16-28)41-23-6-7-24-42-31(38)4-2/h4,8-21H,2-3,5-7,22-24H2,1H3. The van der Waals surface area contributed by atoms with E-state index in [1.54, 1.807) is 54.6 Å². The molecule has 0 saturated heterocycles. The second kappa shape index (κ2) is 17.0. The number of benzene rings is 3. The smallest absolute Gasteiger partial charge is 0.343 e. The molecule has 4 rings (SSSR count). The van der Waals surface area contributed by atoms with Crippen LogP contribution in [0.2, 0.25) is 0 Å². The number of ether oxygens (including phenoxy) is 4. The Morgan fingerprint density at radius 3 is 1.96 bits per heavy atom. The summed E-state index contributed by atoms with van der Waals surface area (Å²) in [6.45, 7) is 6.56. The molecular weight excluding hydrogens is 576 g/mol. The van der Waals surface area contributed by atoms with E-state index in [1.165, 1.54) is 6.08 Å². The van der Waals surface area contributed by atoms with Gasteiger partial charge in [0.25, 0.3) is 0 Å². The summed E-state index contributed by atoms with van der Waals surface area (Å²) in [5, 5.41) is 8.28. The van der Waals surface area contributed by atoms with Gasteiger partial charge in [-0.3, -0.25) is 0 Å². The SMILES string of the molecule is C=CC(=O)OCCCCOc1ccc(C(=O)Oc2ccc(-c3nnc(-c4ccc(C=CC(=O)OCCCC)cc4)o3)cc2)cc1. The van der Waals surface area contributed by atoms with Gasteiger partial charge >= 0.3 is 17.9 Å². The molecule has 3 aromatic carbocycles. The molecule has 0 aliphatic carbocycles. The lowest BCUT2D eigenvalue weighted by molar-refractivity contribution is -0.138. The summed E-state index contributed by atoms with van der Waals surface area (Å²) in [6, 6.07) is 20.7. The Kier molecular flexibility index (Phi) is 12.2. The lowest BCUT2D eigenvalue weighted by Gasteiger charge is -2.08. The first-order valence-electron chi connectivity index (χ1n) is 14.6. The molecule has 4 aromatic rings. The molecule has 0 saturated carbocycles. The van der Waals surface area contributed by atoms with Gasteiger partial charge in [-0.05, 0) is 91.6 Å². The van der Waals surface area contributed by atoms with Gasteiger partial charge < -0.3 is 23.4 Å². The largest absolute Gasteiger partial charge is 0.494 e. The first-order valence-corrected chi connectivity index (χ1v) is 14.6. The van der Waals surface area contributed by atoms with Crippen molar-refractivity contribution in [1.29, 1.82) is 0 Å². The number of hydrogen-bond acceptors (Lipinski definition) is 10. The predicted molar refractivity (Wildman–Crippen MR) is 167 cm³/mol. The number of carbonyl (C=O) groups is 3. The van der Waals surface area contributed by atoms with Crippen molar-refractivity contribution in [1.82, 2.24) is 10.2 Å². The van der Waals surface area contributed by atoms with Crippen molar-refractivity contribution in [2.24, 2.45) is 0 Å². The number of rotatable bonds is 16. The zero-order valence-corrected chi connectivity index (χ0v) is 25.0. The van der Waals surface area contributed by atoms with Gasteiger partial charge in [0.15, 0.2) is 0 Å². The fourth-order valence-corrected chi connectivity index (χ4v) is 3.87. The topological polar surface area (TPSA) is 127 Å². The van der Waals surface area contributed by atoms with Gasteiger partial charge in [0, 0.05) is 23.3 Å². The van der Waals surface area contributed by atoms with Crippen molar-refractivity contribution in [2.75, 3.05) is 19.8 Å². The van der Waals surface area contributed by atoms with E-state index in [9.17, 15) is 14.4 Å². The molecule has 0 aliphatic heterocycles. The zero-order chi connectivity index (χ0) is 31.9. The summed E-state index contributed by atoms with van der Waals surface area (Å²) < 4.78 is 27.1. The minimum atomic E-state index is -0.509. The Balaban J connectivity index is 1.25. The molecule has 232 valence electrons. The fourth-order valence-electron chi connectivity index (χ4n) is 3.87. The highest BCUT2D eigenvalue weighted by atomic mass is 16.5. The highest BCUT2D eigenvalue weighted by Crippen LogP contribution is 2.26. The monoisotopic (exact) mass is 610 g/mol. The second-order valence-electron chi connectivity index (χ2n) is 9.75. The molecule has 45 heavy (non-hydrogen) atoms. The van der Waals surface area contributed by atoms with Crippen molar-refractivity contribution in [2.45, 2.75) is 32.6 Å². The van der Waals surface area contributed by atoms with Crippen LogP contribution < -0.4 is 9.47 Å². The second-order valence-corrected chi connectivity index (χ2v) is 9.75. The average molecular weight is 611 g/mol. The van der Waals surface area contributed by atoms with Gasteiger partial charge in [0.05, 0.1) is 25.4 Å². The summed E-state index contributed by atoms with van der Waals surface area (Å²) in [6.07, 6.45) is 7.41. The molecule has 0 aliphatic rings. The Labute approximate surface area is 261 Å². The van der Waals surface area contributed by atoms with Crippen molar-refractivity contribution in [3.63, 3.8) is 0 Å². The van der Waals surface area contributed by atoms with Crippen LogP contribution in [-0.4, -0.2) is 47.9 Å². The summed E-state index contributed by atoms with van der Waals surface area (Å²) >= 11 is 0. The maximum absolute atomic E-state index is 12.6. The van der Waals surface area contributed by atoms with Crippen LogP contribution in [0.5, 0.6) is 11.5 Å². The summed E-state index contributed by atoms with van der Waals surface area (Å²) in [5.74, 6) is 0.314. The Bertz CT molecular complexity index is 1590. The molecule has 0 amide bonds. The summed E-state index contributed by atoms with van der Waals surface area (Å²) in [5.41, 5.74) is 2.59. The molecule has 0 unspecified atom stereocenters. The maximum Gasteiger partial charge on any atom is 0.343 e. The fraction of sp³-hybridized carbons (Fsp3) is 0.229. The molecule has 10 heteroatoms. The molecule has 0 spiro atoms. The average Bonchev–Trinajstić information content (AvgIpc) is 3.56. The molecule has 0 atom stereocenters. The molecule has 0 radical (unpaired) electrons. The third-order valence-electron chi connectivity index (χ3n) is 6.36. The summed E-state index contributed by atoms with van der Waals surface area (Å²) in [4.78, 5) is 35.4.